The molecule has 4 heteroatoms. The van der Waals surface area contributed by atoms with E-state index in [4.69, 9.17) is 0 Å². The molecule has 0 atom stereocenters. The van der Waals surface area contributed by atoms with Crippen molar-refractivity contribution in [1.29, 1.82) is 0 Å². The van der Waals surface area contributed by atoms with Crippen molar-refractivity contribution in [3.63, 3.8) is 0 Å². The number of amides is 1. The molecule has 0 spiro atoms. The van der Waals surface area contributed by atoms with Gasteiger partial charge >= 0.3 is 0 Å². The third-order valence-corrected chi connectivity index (χ3v) is 3.51. The Balaban J connectivity index is 2.33. The predicted octanol–water partition coefficient (Wildman–Crippen LogP) is 1.39. The molecular formula is C14H28N2O2. The van der Waals surface area contributed by atoms with Gasteiger partial charge in [0.2, 0.25) is 5.91 Å². The van der Waals surface area contributed by atoms with Gasteiger partial charge in [0, 0.05) is 26.1 Å². The van der Waals surface area contributed by atoms with Crippen molar-refractivity contribution in [2.75, 3.05) is 26.2 Å². The van der Waals surface area contributed by atoms with Crippen LogP contribution in [0, 0.1) is 5.92 Å². The third-order valence-electron chi connectivity index (χ3n) is 3.51. The molecule has 1 amide bonds. The van der Waals surface area contributed by atoms with Crippen LogP contribution in [0.25, 0.3) is 0 Å². The molecule has 4 nitrogen and oxygen atoms in total. The normalized spacial score (nSPS) is 19.3. The standard InChI is InChI=1S/C14H28N2O2/c1-4-7-15-11-14(18)5-8-16(9-6-14)13(17)10-12(2)3/h12,15,18H,4-11H2,1-3H3. The van der Waals surface area contributed by atoms with E-state index in [1.165, 1.54) is 0 Å². The number of aliphatic hydroxyl groups is 1. The first kappa shape index (κ1) is 15.4. The number of piperidine rings is 1. The average molecular weight is 256 g/mol. The van der Waals surface area contributed by atoms with E-state index in [2.05, 4.69) is 26.1 Å². The molecule has 0 aromatic rings. The zero-order valence-electron chi connectivity index (χ0n) is 12.0. The Labute approximate surface area is 111 Å². The minimum absolute atomic E-state index is 0.230. The van der Waals surface area contributed by atoms with Gasteiger partial charge in [0.25, 0.3) is 0 Å². The minimum atomic E-state index is -0.621. The highest BCUT2D eigenvalue weighted by Crippen LogP contribution is 2.22. The lowest BCUT2D eigenvalue weighted by Gasteiger charge is -2.38. The van der Waals surface area contributed by atoms with E-state index in [-0.39, 0.29) is 5.91 Å². The molecule has 0 aromatic heterocycles. The van der Waals surface area contributed by atoms with E-state index in [0.29, 0.717) is 44.8 Å². The maximum atomic E-state index is 11.9. The highest BCUT2D eigenvalue weighted by Gasteiger charge is 2.33. The van der Waals surface area contributed by atoms with Gasteiger partial charge in [-0.2, -0.15) is 0 Å². The first-order chi connectivity index (χ1) is 8.47. The summed E-state index contributed by atoms with van der Waals surface area (Å²) in [5, 5.41) is 13.6. The summed E-state index contributed by atoms with van der Waals surface area (Å²) in [4.78, 5) is 13.8. The fourth-order valence-electron chi connectivity index (χ4n) is 2.33. The maximum absolute atomic E-state index is 11.9. The van der Waals surface area contributed by atoms with Crippen LogP contribution in [0.4, 0.5) is 0 Å². The summed E-state index contributed by atoms with van der Waals surface area (Å²) in [6.45, 7) is 9.21. The van der Waals surface area contributed by atoms with Crippen molar-refractivity contribution in [1.82, 2.24) is 10.2 Å². The van der Waals surface area contributed by atoms with Crippen LogP contribution in [0.15, 0.2) is 0 Å². The number of hydrogen-bond acceptors (Lipinski definition) is 3. The monoisotopic (exact) mass is 256 g/mol. The van der Waals surface area contributed by atoms with E-state index in [1.807, 2.05) is 4.90 Å². The summed E-state index contributed by atoms with van der Waals surface area (Å²) in [7, 11) is 0. The zero-order valence-corrected chi connectivity index (χ0v) is 12.0. The number of rotatable bonds is 6. The van der Waals surface area contributed by atoms with Gasteiger partial charge in [-0.1, -0.05) is 20.8 Å². The highest BCUT2D eigenvalue weighted by molar-refractivity contribution is 5.76. The number of carbonyl (C=O) groups is 1. The molecule has 0 unspecified atom stereocenters. The van der Waals surface area contributed by atoms with Crippen molar-refractivity contribution >= 4 is 5.91 Å². The molecule has 1 fully saturated rings. The van der Waals surface area contributed by atoms with Crippen LogP contribution in [0.3, 0.4) is 0 Å². The molecule has 1 aliphatic heterocycles. The van der Waals surface area contributed by atoms with E-state index in [1.54, 1.807) is 0 Å². The number of hydrogen-bond donors (Lipinski definition) is 2. The van der Waals surface area contributed by atoms with E-state index >= 15 is 0 Å². The molecule has 0 bridgehead atoms. The molecule has 0 radical (unpaired) electrons. The van der Waals surface area contributed by atoms with Gasteiger partial charge in [0.05, 0.1) is 5.60 Å². The van der Waals surface area contributed by atoms with Crippen LogP contribution in [-0.4, -0.2) is 47.7 Å². The summed E-state index contributed by atoms with van der Waals surface area (Å²) >= 11 is 0. The molecule has 106 valence electrons. The van der Waals surface area contributed by atoms with Crippen LogP contribution in [-0.2, 0) is 4.79 Å². The number of nitrogens with one attached hydrogen (secondary N) is 1. The van der Waals surface area contributed by atoms with Crippen molar-refractivity contribution in [2.45, 2.75) is 52.1 Å². The lowest BCUT2D eigenvalue weighted by atomic mass is 9.91. The maximum Gasteiger partial charge on any atom is 0.222 e. The van der Waals surface area contributed by atoms with Gasteiger partial charge in [-0.15, -0.1) is 0 Å². The number of likely N-dealkylation sites (tertiary alicyclic amines) is 1. The zero-order chi connectivity index (χ0) is 13.6. The van der Waals surface area contributed by atoms with Gasteiger partial charge in [-0.25, -0.2) is 0 Å². The topological polar surface area (TPSA) is 52.6 Å². The van der Waals surface area contributed by atoms with E-state index in [9.17, 15) is 9.90 Å². The summed E-state index contributed by atoms with van der Waals surface area (Å²) in [5.41, 5.74) is -0.621. The van der Waals surface area contributed by atoms with Gasteiger partial charge in [-0.3, -0.25) is 4.79 Å². The Morgan fingerprint density at radius 1 is 1.39 bits per heavy atom. The van der Waals surface area contributed by atoms with E-state index in [0.717, 1.165) is 13.0 Å². The Kier molecular flexibility index (Phi) is 6.09. The highest BCUT2D eigenvalue weighted by atomic mass is 16.3. The second-order valence-corrected chi connectivity index (χ2v) is 5.88. The Bertz CT molecular complexity index is 259. The molecule has 1 rings (SSSR count). The van der Waals surface area contributed by atoms with Crippen LogP contribution < -0.4 is 5.32 Å². The molecule has 0 saturated carbocycles. The lowest BCUT2D eigenvalue weighted by Crippen LogP contribution is -2.51. The molecular weight excluding hydrogens is 228 g/mol. The molecule has 0 aliphatic carbocycles. The fourth-order valence-corrected chi connectivity index (χ4v) is 2.33. The van der Waals surface area contributed by atoms with Crippen molar-refractivity contribution in [3.8, 4) is 0 Å². The number of carbonyl (C=O) groups excluding carboxylic acids is 1. The smallest absolute Gasteiger partial charge is 0.222 e. The fraction of sp³-hybridized carbons (Fsp3) is 0.929. The van der Waals surface area contributed by atoms with E-state index < -0.39 is 5.60 Å². The largest absolute Gasteiger partial charge is 0.388 e. The summed E-state index contributed by atoms with van der Waals surface area (Å²) in [6, 6.07) is 0. The first-order valence-corrected chi connectivity index (χ1v) is 7.18. The van der Waals surface area contributed by atoms with Crippen LogP contribution in [0.5, 0.6) is 0 Å². The molecule has 2 N–H and O–H groups in total. The Morgan fingerprint density at radius 2 is 2.00 bits per heavy atom. The summed E-state index contributed by atoms with van der Waals surface area (Å²) in [5.74, 6) is 0.637. The number of nitrogens with zero attached hydrogens (tertiary/aromatic N) is 1. The molecule has 1 aliphatic rings. The van der Waals surface area contributed by atoms with Gasteiger partial charge < -0.3 is 15.3 Å². The van der Waals surface area contributed by atoms with Gasteiger partial charge in [0.15, 0.2) is 0 Å². The quantitative estimate of drug-likeness (QED) is 0.706. The SMILES string of the molecule is CCCNCC1(O)CCN(C(=O)CC(C)C)CC1. The second-order valence-electron chi connectivity index (χ2n) is 5.88. The minimum Gasteiger partial charge on any atom is -0.388 e. The summed E-state index contributed by atoms with van der Waals surface area (Å²) < 4.78 is 0. The summed E-state index contributed by atoms with van der Waals surface area (Å²) in [6.07, 6.45) is 3.07. The second kappa shape index (κ2) is 7.10. The molecule has 1 heterocycles. The Hall–Kier alpha value is -0.610. The average Bonchev–Trinajstić information content (AvgIpc) is 2.29. The first-order valence-electron chi connectivity index (χ1n) is 7.18. The molecule has 18 heavy (non-hydrogen) atoms. The predicted molar refractivity (Wildman–Crippen MR) is 73.4 cm³/mol. The van der Waals surface area contributed by atoms with Gasteiger partial charge in [-0.05, 0) is 31.7 Å². The Morgan fingerprint density at radius 3 is 2.50 bits per heavy atom. The van der Waals surface area contributed by atoms with Crippen molar-refractivity contribution in [2.24, 2.45) is 5.92 Å². The van der Waals surface area contributed by atoms with Gasteiger partial charge in [0.1, 0.15) is 0 Å². The van der Waals surface area contributed by atoms with Crippen LogP contribution in [0.2, 0.25) is 0 Å². The van der Waals surface area contributed by atoms with Crippen LogP contribution >= 0.6 is 0 Å². The molecule has 1 saturated heterocycles. The lowest BCUT2D eigenvalue weighted by molar-refractivity contribution is -0.136. The van der Waals surface area contributed by atoms with Crippen molar-refractivity contribution in [3.05, 3.63) is 0 Å². The molecule has 0 aromatic carbocycles. The van der Waals surface area contributed by atoms with Crippen molar-refractivity contribution < 1.29 is 9.90 Å². The third kappa shape index (κ3) is 4.94. The van der Waals surface area contributed by atoms with Crippen LogP contribution in [0.1, 0.15) is 46.5 Å².